The Bertz CT molecular complexity index is 512. The molecule has 0 aromatic heterocycles. The zero-order chi connectivity index (χ0) is 15.4. The third-order valence-electron chi connectivity index (χ3n) is 4.97. The van der Waals surface area contributed by atoms with Gasteiger partial charge in [-0.3, -0.25) is 4.79 Å². The van der Waals surface area contributed by atoms with Gasteiger partial charge in [-0.15, -0.1) is 0 Å². The first-order valence-corrected chi connectivity index (χ1v) is 8.49. The summed E-state index contributed by atoms with van der Waals surface area (Å²) in [6.07, 6.45) is 6.82. The Hall–Kier alpha value is -1.55. The summed E-state index contributed by atoms with van der Waals surface area (Å²) in [5.74, 6) is 1.08. The van der Waals surface area contributed by atoms with Gasteiger partial charge in [0.05, 0.1) is 6.42 Å². The summed E-state index contributed by atoms with van der Waals surface area (Å²) in [6.45, 7) is 3.27. The van der Waals surface area contributed by atoms with Gasteiger partial charge in [0.1, 0.15) is 5.75 Å². The van der Waals surface area contributed by atoms with Crippen molar-refractivity contribution < 1.29 is 9.90 Å². The summed E-state index contributed by atoms with van der Waals surface area (Å²) in [7, 11) is 0. The van der Waals surface area contributed by atoms with E-state index < -0.39 is 0 Å². The van der Waals surface area contributed by atoms with Crippen molar-refractivity contribution in [2.24, 2.45) is 5.92 Å². The number of nitrogens with one attached hydrogen (secondary N) is 1. The molecule has 1 aliphatic carbocycles. The summed E-state index contributed by atoms with van der Waals surface area (Å²) >= 11 is 0. The third-order valence-corrected chi connectivity index (χ3v) is 4.97. The summed E-state index contributed by atoms with van der Waals surface area (Å²) in [5.41, 5.74) is 0.695. The van der Waals surface area contributed by atoms with Crippen LogP contribution in [0.4, 0.5) is 0 Å². The van der Waals surface area contributed by atoms with Gasteiger partial charge < -0.3 is 15.3 Å². The number of carbonyl (C=O) groups is 1. The van der Waals surface area contributed by atoms with E-state index in [9.17, 15) is 9.90 Å². The van der Waals surface area contributed by atoms with Crippen molar-refractivity contribution in [3.8, 4) is 5.75 Å². The number of hydrogen-bond acceptors (Lipinski definition) is 3. The minimum atomic E-state index is 0.00853. The lowest BCUT2D eigenvalue weighted by Crippen LogP contribution is -2.38. The molecule has 22 heavy (non-hydrogen) atoms. The predicted molar refractivity (Wildman–Crippen MR) is 86.8 cm³/mol. The summed E-state index contributed by atoms with van der Waals surface area (Å²) in [4.78, 5) is 14.6. The second kappa shape index (κ2) is 7.14. The normalized spacial score (nSPS) is 23.0. The van der Waals surface area contributed by atoms with Crippen molar-refractivity contribution in [3.63, 3.8) is 0 Å². The molecule has 1 heterocycles. The Kier molecular flexibility index (Phi) is 4.98. The van der Waals surface area contributed by atoms with Gasteiger partial charge in [0, 0.05) is 31.2 Å². The van der Waals surface area contributed by atoms with E-state index in [1.165, 1.54) is 32.2 Å². The molecule has 1 atom stereocenters. The fourth-order valence-electron chi connectivity index (χ4n) is 3.79. The molecule has 1 aliphatic heterocycles. The van der Waals surface area contributed by atoms with Crippen LogP contribution in [0.15, 0.2) is 24.3 Å². The molecule has 1 saturated carbocycles. The molecule has 4 heteroatoms. The van der Waals surface area contributed by atoms with Crippen molar-refractivity contribution in [2.45, 2.75) is 44.6 Å². The van der Waals surface area contributed by atoms with E-state index in [4.69, 9.17) is 0 Å². The number of aromatic hydroxyl groups is 1. The van der Waals surface area contributed by atoms with Crippen LogP contribution in [-0.4, -0.2) is 41.6 Å². The van der Waals surface area contributed by atoms with Gasteiger partial charge in [0.15, 0.2) is 0 Å². The van der Waals surface area contributed by atoms with Gasteiger partial charge in [-0.2, -0.15) is 0 Å². The van der Waals surface area contributed by atoms with E-state index in [2.05, 4.69) is 10.2 Å². The molecule has 0 bridgehead atoms. The maximum absolute atomic E-state index is 12.1. The molecule has 2 N–H and O–H groups in total. The van der Waals surface area contributed by atoms with E-state index in [1.807, 2.05) is 6.07 Å². The molecule has 4 nitrogen and oxygen atoms in total. The number of amides is 1. The Labute approximate surface area is 132 Å². The number of likely N-dealkylation sites (tertiary alicyclic amines) is 1. The van der Waals surface area contributed by atoms with Crippen molar-refractivity contribution in [3.05, 3.63) is 29.8 Å². The monoisotopic (exact) mass is 302 g/mol. The topological polar surface area (TPSA) is 52.6 Å². The smallest absolute Gasteiger partial charge is 0.224 e. The molecule has 3 rings (SSSR count). The highest BCUT2D eigenvalue weighted by Crippen LogP contribution is 2.26. The molecule has 1 amide bonds. The SMILES string of the molecule is O=C(Cc1ccccc1O)N[C@H]1CCN(CC2CCCC2)C1. The Morgan fingerprint density at radius 2 is 2.00 bits per heavy atom. The standard InChI is InChI=1S/C18H26N2O2/c21-17-8-4-3-7-15(17)11-18(22)19-16-9-10-20(13-16)12-14-5-1-2-6-14/h3-4,7-8,14,16,21H,1-2,5-6,9-13H2,(H,19,22)/t16-/m0/s1. The highest BCUT2D eigenvalue weighted by Gasteiger charge is 2.26. The number of hydrogen-bond donors (Lipinski definition) is 2. The number of para-hydroxylation sites is 1. The first kappa shape index (κ1) is 15.3. The van der Waals surface area contributed by atoms with Crippen LogP contribution in [0.1, 0.15) is 37.7 Å². The molecule has 1 aromatic carbocycles. The molecule has 0 spiro atoms. The number of phenols is 1. The fraction of sp³-hybridized carbons (Fsp3) is 0.611. The molecule has 2 aliphatic rings. The van der Waals surface area contributed by atoms with Crippen LogP contribution < -0.4 is 5.32 Å². The molecule has 1 aromatic rings. The Balaban J connectivity index is 1.43. The lowest BCUT2D eigenvalue weighted by atomic mass is 10.1. The van der Waals surface area contributed by atoms with Crippen LogP contribution >= 0.6 is 0 Å². The van der Waals surface area contributed by atoms with E-state index in [0.717, 1.165) is 25.4 Å². The van der Waals surface area contributed by atoms with Crippen LogP contribution in [0, 0.1) is 5.92 Å². The van der Waals surface area contributed by atoms with Gasteiger partial charge in [-0.05, 0) is 31.2 Å². The predicted octanol–water partition coefficient (Wildman–Crippen LogP) is 2.32. The highest BCUT2D eigenvalue weighted by atomic mass is 16.3. The zero-order valence-electron chi connectivity index (χ0n) is 13.1. The number of carbonyl (C=O) groups excluding carboxylic acids is 1. The van der Waals surface area contributed by atoms with Crippen molar-refractivity contribution >= 4 is 5.91 Å². The minimum absolute atomic E-state index is 0.00853. The van der Waals surface area contributed by atoms with Crippen LogP contribution in [0.3, 0.4) is 0 Å². The average molecular weight is 302 g/mol. The maximum atomic E-state index is 12.1. The van der Waals surface area contributed by atoms with Gasteiger partial charge in [-0.25, -0.2) is 0 Å². The zero-order valence-corrected chi connectivity index (χ0v) is 13.1. The lowest BCUT2D eigenvalue weighted by Gasteiger charge is -2.20. The lowest BCUT2D eigenvalue weighted by molar-refractivity contribution is -0.121. The summed E-state index contributed by atoms with van der Waals surface area (Å²) in [6, 6.07) is 7.31. The number of phenolic OH excluding ortho intramolecular Hbond substituents is 1. The number of rotatable bonds is 5. The largest absolute Gasteiger partial charge is 0.508 e. The van der Waals surface area contributed by atoms with E-state index >= 15 is 0 Å². The Morgan fingerprint density at radius 3 is 2.77 bits per heavy atom. The Morgan fingerprint density at radius 1 is 1.23 bits per heavy atom. The van der Waals surface area contributed by atoms with Crippen LogP contribution in [0.25, 0.3) is 0 Å². The number of nitrogens with zero attached hydrogens (tertiary/aromatic N) is 1. The first-order valence-electron chi connectivity index (χ1n) is 8.49. The van der Waals surface area contributed by atoms with Crippen LogP contribution in [-0.2, 0) is 11.2 Å². The number of benzene rings is 1. The quantitative estimate of drug-likeness (QED) is 0.877. The molecule has 120 valence electrons. The summed E-state index contributed by atoms with van der Waals surface area (Å²) in [5, 5.41) is 12.9. The first-order chi connectivity index (χ1) is 10.7. The second-order valence-corrected chi connectivity index (χ2v) is 6.77. The van der Waals surface area contributed by atoms with Gasteiger partial charge in [0.25, 0.3) is 0 Å². The second-order valence-electron chi connectivity index (χ2n) is 6.77. The van der Waals surface area contributed by atoms with Crippen molar-refractivity contribution in [1.29, 1.82) is 0 Å². The van der Waals surface area contributed by atoms with Crippen LogP contribution in [0.5, 0.6) is 5.75 Å². The third kappa shape index (κ3) is 4.01. The highest BCUT2D eigenvalue weighted by molar-refractivity contribution is 5.79. The molecule has 1 saturated heterocycles. The molecule has 0 unspecified atom stereocenters. The van der Waals surface area contributed by atoms with Crippen molar-refractivity contribution in [1.82, 2.24) is 10.2 Å². The van der Waals surface area contributed by atoms with Gasteiger partial charge in [-0.1, -0.05) is 31.0 Å². The van der Waals surface area contributed by atoms with E-state index in [-0.39, 0.29) is 24.1 Å². The average Bonchev–Trinajstić information content (AvgIpc) is 3.14. The van der Waals surface area contributed by atoms with E-state index in [0.29, 0.717) is 5.56 Å². The molecule has 2 fully saturated rings. The van der Waals surface area contributed by atoms with Crippen molar-refractivity contribution in [2.75, 3.05) is 19.6 Å². The van der Waals surface area contributed by atoms with E-state index in [1.54, 1.807) is 18.2 Å². The summed E-state index contributed by atoms with van der Waals surface area (Å²) < 4.78 is 0. The minimum Gasteiger partial charge on any atom is -0.508 e. The van der Waals surface area contributed by atoms with Gasteiger partial charge >= 0.3 is 0 Å². The molecular formula is C18H26N2O2. The molecule has 0 radical (unpaired) electrons. The fourth-order valence-corrected chi connectivity index (χ4v) is 3.79. The van der Waals surface area contributed by atoms with Gasteiger partial charge in [0.2, 0.25) is 5.91 Å². The molecular weight excluding hydrogens is 276 g/mol. The maximum Gasteiger partial charge on any atom is 0.224 e. The van der Waals surface area contributed by atoms with Crippen LogP contribution in [0.2, 0.25) is 0 Å².